The molecule has 0 aliphatic heterocycles. The van der Waals surface area contributed by atoms with Crippen LogP contribution in [0.3, 0.4) is 0 Å². The van der Waals surface area contributed by atoms with Gasteiger partial charge >= 0.3 is 0 Å². The third-order valence-electron chi connectivity index (χ3n) is 2.80. The van der Waals surface area contributed by atoms with Gasteiger partial charge in [-0.2, -0.15) is 0 Å². The van der Waals surface area contributed by atoms with Gasteiger partial charge in [0.15, 0.2) is 0 Å². The summed E-state index contributed by atoms with van der Waals surface area (Å²) in [4.78, 5) is 10.8. The average molecular weight is 198 g/mol. The van der Waals surface area contributed by atoms with Crippen LogP contribution >= 0.6 is 0 Å². The number of hydrogen-bond donors (Lipinski definition) is 2. The van der Waals surface area contributed by atoms with Crippen LogP contribution < -0.4 is 11.1 Å². The van der Waals surface area contributed by atoms with E-state index in [2.05, 4.69) is 12.2 Å². The fraction of sp³-hybridized carbons (Fsp3) is 0.909. The Kier molecular flexibility index (Phi) is 4.94. The molecule has 1 aliphatic rings. The number of carbonyl (C=O) groups is 1. The molecular weight excluding hydrogens is 176 g/mol. The normalized spacial score (nSPS) is 18.1. The van der Waals surface area contributed by atoms with Crippen molar-refractivity contribution in [3.05, 3.63) is 0 Å². The predicted octanol–water partition coefficient (Wildman–Crippen LogP) is 1.42. The highest BCUT2D eigenvalue weighted by atomic mass is 16.1. The van der Waals surface area contributed by atoms with E-state index in [1.54, 1.807) is 0 Å². The number of hydrogen-bond acceptors (Lipinski definition) is 2. The summed E-state index contributed by atoms with van der Waals surface area (Å²) in [5, 5.41) is 3.45. The van der Waals surface area contributed by atoms with Gasteiger partial charge < -0.3 is 11.1 Å². The zero-order valence-corrected chi connectivity index (χ0v) is 9.09. The molecule has 0 saturated heterocycles. The molecule has 82 valence electrons. The van der Waals surface area contributed by atoms with Crippen molar-refractivity contribution in [1.29, 1.82) is 0 Å². The van der Waals surface area contributed by atoms with Crippen LogP contribution in [0.5, 0.6) is 0 Å². The summed E-state index contributed by atoms with van der Waals surface area (Å²) in [5.41, 5.74) is 5.21. The fourth-order valence-electron chi connectivity index (χ4n) is 1.78. The van der Waals surface area contributed by atoms with Crippen molar-refractivity contribution in [2.24, 2.45) is 11.7 Å². The summed E-state index contributed by atoms with van der Waals surface area (Å²) >= 11 is 0. The lowest BCUT2D eigenvalue weighted by molar-refractivity contribution is -0.118. The molecule has 1 unspecified atom stereocenters. The zero-order chi connectivity index (χ0) is 10.4. The van der Waals surface area contributed by atoms with E-state index < -0.39 is 0 Å². The summed E-state index contributed by atoms with van der Waals surface area (Å²) in [6.07, 6.45) is 6.75. The van der Waals surface area contributed by atoms with Gasteiger partial charge in [-0.3, -0.25) is 4.79 Å². The minimum Gasteiger partial charge on any atom is -0.370 e. The van der Waals surface area contributed by atoms with Crippen LogP contribution in [0.25, 0.3) is 0 Å². The molecule has 3 N–H and O–H groups in total. The van der Waals surface area contributed by atoms with Crippen molar-refractivity contribution >= 4 is 5.91 Å². The number of nitrogens with one attached hydrogen (secondary N) is 1. The maximum atomic E-state index is 10.8. The van der Waals surface area contributed by atoms with Gasteiger partial charge in [-0.15, -0.1) is 0 Å². The average Bonchev–Trinajstić information content (AvgIpc) is 2.92. The lowest BCUT2D eigenvalue weighted by atomic mass is 10.1. The van der Waals surface area contributed by atoms with Gasteiger partial charge in [0.05, 0.1) is 0 Å². The van der Waals surface area contributed by atoms with Crippen molar-refractivity contribution in [2.45, 2.75) is 51.5 Å². The molecule has 0 heterocycles. The Balaban J connectivity index is 2.12. The van der Waals surface area contributed by atoms with Crippen LogP contribution in [0.15, 0.2) is 0 Å². The Labute approximate surface area is 86.4 Å². The summed E-state index contributed by atoms with van der Waals surface area (Å²) in [7, 11) is 0. The summed E-state index contributed by atoms with van der Waals surface area (Å²) < 4.78 is 0. The Morgan fingerprint density at radius 3 is 2.71 bits per heavy atom. The topological polar surface area (TPSA) is 55.1 Å². The van der Waals surface area contributed by atoms with E-state index in [-0.39, 0.29) is 5.91 Å². The van der Waals surface area contributed by atoms with Crippen LogP contribution in [0, 0.1) is 5.92 Å². The third-order valence-corrected chi connectivity index (χ3v) is 2.80. The molecule has 3 nitrogen and oxygen atoms in total. The van der Waals surface area contributed by atoms with Gasteiger partial charge in [0, 0.05) is 12.5 Å². The lowest BCUT2D eigenvalue weighted by Crippen LogP contribution is -2.35. The van der Waals surface area contributed by atoms with Crippen molar-refractivity contribution < 1.29 is 4.79 Å². The second kappa shape index (κ2) is 6.02. The quantitative estimate of drug-likeness (QED) is 0.580. The maximum Gasteiger partial charge on any atom is 0.218 e. The van der Waals surface area contributed by atoms with E-state index in [0.717, 1.165) is 6.54 Å². The highest BCUT2D eigenvalue weighted by Crippen LogP contribution is 2.33. The van der Waals surface area contributed by atoms with Gasteiger partial charge in [-0.25, -0.2) is 0 Å². The first-order valence-electron chi connectivity index (χ1n) is 5.75. The van der Waals surface area contributed by atoms with Crippen LogP contribution in [0.2, 0.25) is 0 Å². The minimum absolute atomic E-state index is 0.176. The highest BCUT2D eigenvalue weighted by molar-refractivity contribution is 5.74. The summed E-state index contributed by atoms with van der Waals surface area (Å²) in [5.74, 6) is 0.536. The molecule has 1 aliphatic carbocycles. The van der Waals surface area contributed by atoms with Crippen molar-refractivity contribution in [3.63, 3.8) is 0 Å². The molecule has 14 heavy (non-hydrogen) atoms. The van der Waals surface area contributed by atoms with Crippen LogP contribution in [-0.2, 0) is 4.79 Å². The molecule has 0 bridgehead atoms. The highest BCUT2D eigenvalue weighted by Gasteiger charge is 2.31. The van der Waals surface area contributed by atoms with Gasteiger partial charge in [0.1, 0.15) is 0 Å². The molecule has 1 amide bonds. The molecule has 0 aromatic carbocycles. The number of nitrogens with two attached hydrogens (primary N) is 1. The van der Waals surface area contributed by atoms with Crippen LogP contribution in [0.1, 0.15) is 45.4 Å². The molecule has 0 aromatic heterocycles. The number of rotatable bonds is 8. The molecule has 1 saturated carbocycles. The van der Waals surface area contributed by atoms with Gasteiger partial charge in [-0.1, -0.05) is 19.8 Å². The van der Waals surface area contributed by atoms with Gasteiger partial charge in [0.25, 0.3) is 0 Å². The standard InChI is InChI=1S/C11H22N2O/c1-2-3-4-7-13-10(8-11(12)14)9-5-6-9/h9-10,13H,2-8H2,1H3,(H2,12,14). The van der Waals surface area contributed by atoms with Crippen molar-refractivity contribution in [2.75, 3.05) is 6.54 Å². The van der Waals surface area contributed by atoms with Gasteiger partial charge in [-0.05, 0) is 31.7 Å². The molecule has 3 heteroatoms. The second-order valence-corrected chi connectivity index (χ2v) is 4.28. The molecule has 1 atom stereocenters. The van der Waals surface area contributed by atoms with Crippen molar-refractivity contribution in [1.82, 2.24) is 5.32 Å². The van der Waals surface area contributed by atoms with Crippen LogP contribution in [0.4, 0.5) is 0 Å². The Morgan fingerprint density at radius 1 is 1.50 bits per heavy atom. The van der Waals surface area contributed by atoms with Crippen molar-refractivity contribution in [3.8, 4) is 0 Å². The van der Waals surface area contributed by atoms with E-state index in [1.165, 1.54) is 32.1 Å². The number of unbranched alkanes of at least 4 members (excludes halogenated alkanes) is 2. The first-order chi connectivity index (χ1) is 6.74. The lowest BCUT2D eigenvalue weighted by Gasteiger charge is -2.16. The zero-order valence-electron chi connectivity index (χ0n) is 9.09. The minimum atomic E-state index is -0.176. The Bertz CT molecular complexity index is 178. The SMILES string of the molecule is CCCCCNC(CC(N)=O)C1CC1. The maximum absolute atomic E-state index is 10.8. The van der Waals surface area contributed by atoms with E-state index in [4.69, 9.17) is 5.73 Å². The third kappa shape index (κ3) is 4.61. The van der Waals surface area contributed by atoms with Gasteiger partial charge in [0.2, 0.25) is 5.91 Å². The molecular formula is C11H22N2O. The largest absolute Gasteiger partial charge is 0.370 e. The van der Waals surface area contributed by atoms with E-state index in [9.17, 15) is 4.79 Å². The molecule has 1 fully saturated rings. The van der Waals surface area contributed by atoms with E-state index in [0.29, 0.717) is 18.4 Å². The van der Waals surface area contributed by atoms with E-state index >= 15 is 0 Å². The first kappa shape index (κ1) is 11.5. The number of primary amides is 1. The summed E-state index contributed by atoms with van der Waals surface area (Å²) in [6, 6.07) is 0.351. The monoisotopic (exact) mass is 198 g/mol. The molecule has 1 rings (SSSR count). The molecule has 0 spiro atoms. The number of amides is 1. The Hall–Kier alpha value is -0.570. The molecule has 0 radical (unpaired) electrons. The smallest absolute Gasteiger partial charge is 0.218 e. The number of carbonyl (C=O) groups excluding carboxylic acids is 1. The Morgan fingerprint density at radius 2 is 2.21 bits per heavy atom. The predicted molar refractivity (Wildman–Crippen MR) is 57.9 cm³/mol. The molecule has 0 aromatic rings. The second-order valence-electron chi connectivity index (χ2n) is 4.28. The fourth-order valence-corrected chi connectivity index (χ4v) is 1.78. The summed E-state index contributed by atoms with van der Waals surface area (Å²) in [6.45, 7) is 3.23. The van der Waals surface area contributed by atoms with E-state index in [1.807, 2.05) is 0 Å². The first-order valence-corrected chi connectivity index (χ1v) is 5.75. The van der Waals surface area contributed by atoms with Crippen LogP contribution in [-0.4, -0.2) is 18.5 Å².